The number of methoxy groups -OCH3 is 1. The van der Waals surface area contributed by atoms with Gasteiger partial charge in [-0.25, -0.2) is 0 Å². The molecular formula is C14H18ClN3O3. The van der Waals surface area contributed by atoms with Crippen LogP contribution in [0.25, 0.3) is 0 Å². The molecule has 0 saturated heterocycles. The molecule has 0 saturated carbocycles. The molecule has 1 aromatic heterocycles. The summed E-state index contributed by atoms with van der Waals surface area (Å²) in [6.07, 6.45) is 0. The number of hydrogen-bond acceptors (Lipinski definition) is 6. The molecule has 0 fully saturated rings. The van der Waals surface area contributed by atoms with Gasteiger partial charge in [0.2, 0.25) is 11.8 Å². The van der Waals surface area contributed by atoms with Gasteiger partial charge in [0, 0.05) is 19.7 Å². The zero-order chi connectivity index (χ0) is 15.2. The van der Waals surface area contributed by atoms with Crippen molar-refractivity contribution in [3.05, 3.63) is 35.0 Å². The second kappa shape index (κ2) is 7.28. The predicted octanol–water partition coefficient (Wildman–Crippen LogP) is 3.23. The van der Waals surface area contributed by atoms with Crippen LogP contribution in [0.1, 0.15) is 24.7 Å². The number of ether oxygens (including phenoxy) is 2. The van der Waals surface area contributed by atoms with Crippen LogP contribution < -0.4 is 10.1 Å². The van der Waals surface area contributed by atoms with Gasteiger partial charge in [-0.1, -0.05) is 11.6 Å². The second-order valence-electron chi connectivity index (χ2n) is 4.51. The van der Waals surface area contributed by atoms with E-state index in [9.17, 15) is 0 Å². The summed E-state index contributed by atoms with van der Waals surface area (Å²) in [7, 11) is 1.62. The van der Waals surface area contributed by atoms with E-state index in [1.165, 1.54) is 0 Å². The van der Waals surface area contributed by atoms with Gasteiger partial charge in [0.05, 0.1) is 11.6 Å². The normalized spacial score (nSPS) is 12.2. The van der Waals surface area contributed by atoms with Crippen molar-refractivity contribution in [3.8, 4) is 5.75 Å². The smallest absolute Gasteiger partial charge is 0.238 e. The van der Waals surface area contributed by atoms with Crippen LogP contribution in [0.15, 0.2) is 22.6 Å². The maximum absolute atomic E-state index is 6.18. The van der Waals surface area contributed by atoms with E-state index in [2.05, 4.69) is 15.5 Å². The fraction of sp³-hybridized carbons (Fsp3) is 0.429. The van der Waals surface area contributed by atoms with Crippen LogP contribution in [-0.4, -0.2) is 30.5 Å². The molecule has 0 aliphatic heterocycles. The molecule has 7 heteroatoms. The monoisotopic (exact) mass is 311 g/mol. The lowest BCUT2D eigenvalue weighted by Gasteiger charge is -2.13. The van der Waals surface area contributed by atoms with Crippen LogP contribution in [-0.2, 0) is 4.74 Å². The largest absolute Gasteiger partial charge is 0.490 e. The van der Waals surface area contributed by atoms with Crippen molar-refractivity contribution < 1.29 is 13.9 Å². The molecular weight excluding hydrogens is 294 g/mol. The van der Waals surface area contributed by atoms with Crippen molar-refractivity contribution >= 4 is 17.3 Å². The molecule has 21 heavy (non-hydrogen) atoms. The van der Waals surface area contributed by atoms with Gasteiger partial charge in [-0.3, -0.25) is 0 Å². The Labute approximate surface area is 128 Å². The molecule has 2 rings (SSSR count). The highest BCUT2D eigenvalue weighted by atomic mass is 35.5. The number of aryl methyl sites for hydroxylation is 1. The van der Waals surface area contributed by atoms with E-state index < -0.39 is 0 Å². The molecule has 1 heterocycles. The Morgan fingerprint density at radius 1 is 1.33 bits per heavy atom. The zero-order valence-corrected chi connectivity index (χ0v) is 13.0. The zero-order valence-electron chi connectivity index (χ0n) is 12.2. The lowest BCUT2D eigenvalue weighted by Crippen LogP contribution is -2.08. The molecule has 6 nitrogen and oxygen atoms in total. The van der Waals surface area contributed by atoms with E-state index in [-0.39, 0.29) is 6.04 Å². The first-order valence-corrected chi connectivity index (χ1v) is 6.95. The highest BCUT2D eigenvalue weighted by molar-refractivity contribution is 6.32. The van der Waals surface area contributed by atoms with E-state index in [4.69, 9.17) is 25.5 Å². The summed E-state index contributed by atoms with van der Waals surface area (Å²) < 4.78 is 15.8. The topological polar surface area (TPSA) is 69.4 Å². The summed E-state index contributed by atoms with van der Waals surface area (Å²) in [5, 5.41) is 11.6. The average molecular weight is 312 g/mol. The molecule has 0 spiro atoms. The molecule has 0 aliphatic rings. The summed E-state index contributed by atoms with van der Waals surface area (Å²) in [5.41, 5.74) is 0.849. The van der Waals surface area contributed by atoms with E-state index in [0.29, 0.717) is 35.8 Å². The third kappa shape index (κ3) is 4.34. The Morgan fingerprint density at radius 3 is 2.76 bits per heavy atom. The number of aromatic nitrogens is 2. The highest BCUT2D eigenvalue weighted by Gasteiger charge is 2.13. The standard InChI is InChI=1S/C14H18ClN3O3/c1-9(14-18-17-10(2)21-14)16-11-4-5-13(12(15)8-11)20-7-6-19-3/h4-5,8-9,16H,6-7H2,1-3H3. The van der Waals surface area contributed by atoms with Crippen molar-refractivity contribution in [2.24, 2.45) is 0 Å². The minimum atomic E-state index is -0.109. The van der Waals surface area contributed by atoms with Gasteiger partial charge in [0.15, 0.2) is 0 Å². The Morgan fingerprint density at radius 2 is 2.14 bits per heavy atom. The molecule has 0 aliphatic carbocycles. The highest BCUT2D eigenvalue weighted by Crippen LogP contribution is 2.29. The molecule has 2 aromatic rings. The van der Waals surface area contributed by atoms with Gasteiger partial charge < -0.3 is 19.2 Å². The van der Waals surface area contributed by atoms with Crippen LogP contribution >= 0.6 is 11.6 Å². The maximum atomic E-state index is 6.18. The van der Waals surface area contributed by atoms with Crippen LogP contribution in [0.2, 0.25) is 5.02 Å². The van der Waals surface area contributed by atoms with Crippen molar-refractivity contribution in [2.75, 3.05) is 25.6 Å². The summed E-state index contributed by atoms with van der Waals surface area (Å²) in [4.78, 5) is 0. The fourth-order valence-corrected chi connectivity index (χ4v) is 1.98. The number of halogens is 1. The summed E-state index contributed by atoms with van der Waals surface area (Å²) in [6, 6.07) is 5.38. The predicted molar refractivity (Wildman–Crippen MR) is 79.9 cm³/mol. The first-order valence-electron chi connectivity index (χ1n) is 6.58. The Hall–Kier alpha value is -1.79. The van der Waals surface area contributed by atoms with Crippen molar-refractivity contribution in [1.29, 1.82) is 0 Å². The molecule has 1 aromatic carbocycles. The number of benzene rings is 1. The number of hydrogen-bond donors (Lipinski definition) is 1. The minimum Gasteiger partial charge on any atom is -0.490 e. The number of anilines is 1. The lowest BCUT2D eigenvalue weighted by molar-refractivity contribution is 0.146. The van der Waals surface area contributed by atoms with Crippen molar-refractivity contribution in [3.63, 3.8) is 0 Å². The summed E-state index contributed by atoms with van der Waals surface area (Å²) >= 11 is 6.18. The van der Waals surface area contributed by atoms with Crippen LogP contribution in [0, 0.1) is 6.92 Å². The van der Waals surface area contributed by atoms with Crippen LogP contribution in [0.3, 0.4) is 0 Å². The van der Waals surface area contributed by atoms with Crippen LogP contribution in [0.4, 0.5) is 5.69 Å². The third-order valence-electron chi connectivity index (χ3n) is 2.77. The van der Waals surface area contributed by atoms with Gasteiger partial charge in [-0.2, -0.15) is 0 Å². The minimum absolute atomic E-state index is 0.109. The fourth-order valence-electron chi connectivity index (χ4n) is 1.74. The Balaban J connectivity index is 1.99. The second-order valence-corrected chi connectivity index (χ2v) is 4.92. The van der Waals surface area contributed by atoms with Gasteiger partial charge in [-0.15, -0.1) is 10.2 Å². The molecule has 1 unspecified atom stereocenters. The Kier molecular flexibility index (Phi) is 5.41. The maximum Gasteiger partial charge on any atom is 0.238 e. The SMILES string of the molecule is COCCOc1ccc(NC(C)c2nnc(C)o2)cc1Cl. The first kappa shape index (κ1) is 15.6. The van der Waals surface area contributed by atoms with E-state index >= 15 is 0 Å². The third-order valence-corrected chi connectivity index (χ3v) is 3.07. The van der Waals surface area contributed by atoms with Gasteiger partial charge in [0.25, 0.3) is 0 Å². The van der Waals surface area contributed by atoms with Crippen molar-refractivity contribution in [2.45, 2.75) is 19.9 Å². The van der Waals surface area contributed by atoms with Crippen molar-refractivity contribution in [1.82, 2.24) is 10.2 Å². The lowest BCUT2D eigenvalue weighted by atomic mass is 10.2. The number of nitrogens with zero attached hydrogens (tertiary/aromatic N) is 2. The van der Waals surface area contributed by atoms with Gasteiger partial charge in [-0.05, 0) is 25.1 Å². The molecule has 1 N–H and O–H groups in total. The van der Waals surface area contributed by atoms with E-state index in [1.807, 2.05) is 19.1 Å². The van der Waals surface area contributed by atoms with E-state index in [0.717, 1.165) is 5.69 Å². The van der Waals surface area contributed by atoms with Crippen LogP contribution in [0.5, 0.6) is 5.75 Å². The van der Waals surface area contributed by atoms with Gasteiger partial charge >= 0.3 is 0 Å². The molecule has 0 radical (unpaired) electrons. The summed E-state index contributed by atoms with van der Waals surface area (Å²) in [6.45, 7) is 4.67. The molecule has 0 amide bonds. The number of nitrogens with one attached hydrogen (secondary N) is 1. The Bertz CT molecular complexity index is 589. The molecule has 0 bridgehead atoms. The van der Waals surface area contributed by atoms with Gasteiger partial charge in [0.1, 0.15) is 18.4 Å². The van der Waals surface area contributed by atoms with E-state index in [1.54, 1.807) is 20.1 Å². The summed E-state index contributed by atoms with van der Waals surface area (Å²) in [5.74, 6) is 1.70. The molecule has 1 atom stereocenters. The quantitative estimate of drug-likeness (QED) is 0.792. The molecule has 114 valence electrons. The average Bonchev–Trinajstić information content (AvgIpc) is 2.88. The number of rotatable bonds is 7. The first-order chi connectivity index (χ1) is 10.1.